The van der Waals surface area contributed by atoms with E-state index in [9.17, 15) is 4.79 Å². The zero-order valence-corrected chi connectivity index (χ0v) is 15.4. The molecule has 2 atom stereocenters. The number of urea groups is 1. The van der Waals surface area contributed by atoms with Crippen molar-refractivity contribution < 1.29 is 4.79 Å². The number of nitrogens with zero attached hydrogens (tertiary/aromatic N) is 3. The Morgan fingerprint density at radius 2 is 2.17 bits per heavy atom. The number of carbonyl (C=O) groups excluding carboxylic acids is 1. The lowest BCUT2D eigenvalue weighted by atomic mass is 10.2. The number of hydrogen-bond donors (Lipinski definition) is 1. The van der Waals surface area contributed by atoms with Gasteiger partial charge in [0.15, 0.2) is 0 Å². The maximum atomic E-state index is 12.3. The lowest BCUT2D eigenvalue weighted by Gasteiger charge is -2.25. The molecule has 0 spiro atoms. The number of aromatic nitrogens is 2. The van der Waals surface area contributed by atoms with Crippen LogP contribution in [0.4, 0.5) is 4.79 Å². The first-order valence-corrected chi connectivity index (χ1v) is 8.81. The fraction of sp³-hybridized carbons (Fsp3) is 0.529. The van der Waals surface area contributed by atoms with E-state index in [1.165, 1.54) is 4.88 Å². The van der Waals surface area contributed by atoms with Gasteiger partial charge in [0, 0.05) is 30.7 Å². The third kappa shape index (κ3) is 4.58. The number of nitrogens with one attached hydrogen (secondary N) is 1. The predicted octanol–water partition coefficient (Wildman–Crippen LogP) is 3.60. The molecule has 0 fully saturated rings. The topological polar surface area (TPSA) is 50.2 Å². The van der Waals surface area contributed by atoms with E-state index in [4.69, 9.17) is 0 Å². The minimum absolute atomic E-state index is 0.0360. The van der Waals surface area contributed by atoms with Gasteiger partial charge in [-0.3, -0.25) is 4.68 Å². The molecule has 23 heavy (non-hydrogen) atoms. The van der Waals surface area contributed by atoms with Crippen molar-refractivity contribution >= 4 is 17.4 Å². The van der Waals surface area contributed by atoms with Crippen LogP contribution in [0.2, 0.25) is 0 Å². The molecule has 0 radical (unpaired) electrons. The molecule has 0 saturated heterocycles. The average Bonchev–Trinajstić information content (AvgIpc) is 3.13. The van der Waals surface area contributed by atoms with Crippen molar-refractivity contribution in [3.63, 3.8) is 0 Å². The van der Waals surface area contributed by atoms with Crippen molar-refractivity contribution in [2.24, 2.45) is 5.92 Å². The van der Waals surface area contributed by atoms with Crippen LogP contribution in [0.15, 0.2) is 23.6 Å². The first kappa shape index (κ1) is 17.5. The van der Waals surface area contributed by atoms with E-state index >= 15 is 0 Å². The van der Waals surface area contributed by atoms with Crippen LogP contribution >= 0.6 is 11.3 Å². The Labute approximate surface area is 142 Å². The minimum Gasteiger partial charge on any atom is -0.338 e. The van der Waals surface area contributed by atoms with Gasteiger partial charge in [0.05, 0.1) is 11.7 Å². The molecule has 6 heteroatoms. The average molecular weight is 334 g/mol. The van der Waals surface area contributed by atoms with Crippen LogP contribution in [0.5, 0.6) is 0 Å². The van der Waals surface area contributed by atoms with Gasteiger partial charge in [0.1, 0.15) is 0 Å². The van der Waals surface area contributed by atoms with E-state index in [0.29, 0.717) is 12.5 Å². The summed E-state index contributed by atoms with van der Waals surface area (Å²) in [6.07, 6.45) is 0. The lowest BCUT2D eigenvalue weighted by Crippen LogP contribution is -2.40. The Hall–Kier alpha value is -1.82. The SMILES string of the molecule is Cc1cc(C)n(CC(C)CNC(=O)N(C)C(C)c2cccs2)n1. The van der Waals surface area contributed by atoms with Crippen LogP contribution in [0.25, 0.3) is 0 Å². The van der Waals surface area contributed by atoms with Crippen molar-refractivity contribution in [1.29, 1.82) is 0 Å². The zero-order valence-electron chi connectivity index (χ0n) is 14.5. The largest absolute Gasteiger partial charge is 0.338 e. The molecule has 126 valence electrons. The highest BCUT2D eigenvalue weighted by molar-refractivity contribution is 7.10. The van der Waals surface area contributed by atoms with Crippen molar-refractivity contribution in [3.05, 3.63) is 39.8 Å². The Morgan fingerprint density at radius 1 is 1.43 bits per heavy atom. The summed E-state index contributed by atoms with van der Waals surface area (Å²) in [5.41, 5.74) is 2.19. The Morgan fingerprint density at radius 3 is 2.74 bits per heavy atom. The summed E-state index contributed by atoms with van der Waals surface area (Å²) in [5, 5.41) is 9.53. The predicted molar refractivity (Wildman–Crippen MR) is 94.8 cm³/mol. The second-order valence-electron chi connectivity index (χ2n) is 6.20. The summed E-state index contributed by atoms with van der Waals surface area (Å²) >= 11 is 1.67. The van der Waals surface area contributed by atoms with Crippen LogP contribution in [0, 0.1) is 19.8 Å². The van der Waals surface area contributed by atoms with Crippen LogP contribution in [0.1, 0.15) is 36.2 Å². The summed E-state index contributed by atoms with van der Waals surface area (Å²) in [5.74, 6) is 0.322. The number of amides is 2. The van der Waals surface area contributed by atoms with Crippen LogP contribution in [-0.4, -0.2) is 34.3 Å². The number of rotatable bonds is 6. The maximum absolute atomic E-state index is 12.3. The highest BCUT2D eigenvalue weighted by atomic mass is 32.1. The van der Waals surface area contributed by atoms with Gasteiger partial charge in [-0.2, -0.15) is 5.10 Å². The van der Waals surface area contributed by atoms with E-state index in [2.05, 4.69) is 36.4 Å². The maximum Gasteiger partial charge on any atom is 0.317 e. The molecule has 1 N–H and O–H groups in total. The molecule has 0 aliphatic carbocycles. The molecule has 0 aliphatic rings. The normalized spacial score (nSPS) is 13.6. The van der Waals surface area contributed by atoms with E-state index in [0.717, 1.165) is 17.9 Å². The number of hydrogen-bond acceptors (Lipinski definition) is 3. The number of thiophene rings is 1. The van der Waals surface area contributed by atoms with Crippen LogP contribution in [-0.2, 0) is 6.54 Å². The summed E-state index contributed by atoms with van der Waals surface area (Å²) in [4.78, 5) is 15.2. The minimum atomic E-state index is -0.0360. The van der Waals surface area contributed by atoms with Crippen molar-refractivity contribution in [3.8, 4) is 0 Å². The summed E-state index contributed by atoms with van der Waals surface area (Å²) < 4.78 is 2.00. The highest BCUT2D eigenvalue weighted by Crippen LogP contribution is 2.23. The first-order chi connectivity index (χ1) is 10.9. The molecular formula is C17H26N4OS. The first-order valence-electron chi connectivity index (χ1n) is 7.93. The molecule has 2 amide bonds. The molecule has 0 bridgehead atoms. The molecule has 0 aromatic carbocycles. The van der Waals surface area contributed by atoms with Crippen LogP contribution < -0.4 is 5.32 Å². The Balaban J connectivity index is 1.82. The Bertz CT molecular complexity index is 635. The van der Waals surface area contributed by atoms with Crippen molar-refractivity contribution in [2.75, 3.05) is 13.6 Å². The fourth-order valence-electron chi connectivity index (χ4n) is 2.50. The van der Waals surface area contributed by atoms with Gasteiger partial charge in [-0.25, -0.2) is 4.79 Å². The van der Waals surface area contributed by atoms with Crippen molar-refractivity contribution in [2.45, 2.75) is 40.3 Å². The molecule has 2 rings (SSSR count). The fourth-order valence-corrected chi connectivity index (χ4v) is 3.33. The molecule has 2 unspecified atom stereocenters. The molecular weight excluding hydrogens is 308 g/mol. The lowest BCUT2D eigenvalue weighted by molar-refractivity contribution is 0.193. The summed E-state index contributed by atoms with van der Waals surface area (Å²) in [6.45, 7) is 9.67. The third-order valence-electron chi connectivity index (χ3n) is 4.05. The molecule has 2 heterocycles. The van der Waals surface area contributed by atoms with Gasteiger partial charge >= 0.3 is 6.03 Å². The van der Waals surface area contributed by atoms with Gasteiger partial charge in [0.2, 0.25) is 0 Å². The standard InChI is InChI=1S/C17H26N4OS/c1-12(11-21-14(3)9-13(2)19-21)10-18-17(22)20(5)15(4)16-7-6-8-23-16/h6-9,12,15H,10-11H2,1-5H3,(H,18,22). The van der Waals surface area contributed by atoms with Gasteiger partial charge in [-0.05, 0) is 44.2 Å². The summed E-state index contributed by atoms with van der Waals surface area (Å²) in [6, 6.07) is 6.19. The molecule has 0 aliphatic heterocycles. The van der Waals surface area contributed by atoms with E-state index < -0.39 is 0 Å². The third-order valence-corrected chi connectivity index (χ3v) is 5.09. The van der Waals surface area contributed by atoms with Gasteiger partial charge in [0.25, 0.3) is 0 Å². The van der Waals surface area contributed by atoms with Gasteiger partial charge in [-0.15, -0.1) is 11.3 Å². The zero-order chi connectivity index (χ0) is 17.0. The quantitative estimate of drug-likeness (QED) is 0.877. The molecule has 5 nitrogen and oxygen atoms in total. The number of carbonyl (C=O) groups is 1. The van der Waals surface area contributed by atoms with Gasteiger partial charge in [-0.1, -0.05) is 13.0 Å². The van der Waals surface area contributed by atoms with Crippen molar-refractivity contribution in [1.82, 2.24) is 20.0 Å². The second kappa shape index (κ2) is 7.64. The summed E-state index contributed by atoms with van der Waals surface area (Å²) in [7, 11) is 1.84. The van der Waals surface area contributed by atoms with Gasteiger partial charge < -0.3 is 10.2 Å². The van der Waals surface area contributed by atoms with E-state index in [-0.39, 0.29) is 12.1 Å². The smallest absolute Gasteiger partial charge is 0.317 e. The van der Waals surface area contributed by atoms with E-state index in [1.54, 1.807) is 16.2 Å². The molecule has 2 aromatic heterocycles. The number of aryl methyl sites for hydroxylation is 2. The monoisotopic (exact) mass is 334 g/mol. The highest BCUT2D eigenvalue weighted by Gasteiger charge is 2.18. The van der Waals surface area contributed by atoms with Crippen LogP contribution in [0.3, 0.4) is 0 Å². The second-order valence-corrected chi connectivity index (χ2v) is 7.18. The molecule has 2 aromatic rings. The van der Waals surface area contributed by atoms with E-state index in [1.807, 2.05) is 37.0 Å². The molecule has 0 saturated carbocycles. The Kier molecular flexibility index (Phi) is 5.82.